The van der Waals surface area contributed by atoms with Gasteiger partial charge in [0.25, 0.3) is 0 Å². The molecule has 0 aromatic carbocycles. The molecular formula is C11H17NO3. The van der Waals surface area contributed by atoms with E-state index in [4.69, 9.17) is 9.94 Å². The number of oxime groups is 1. The minimum absolute atomic E-state index is 0.457. The standard InChI is InChI=1S/C11H17NO3/c1-7-3-2-4-8(5-7)9-6-10(11(13)14)15-12-9/h7-8,10H,2-6H2,1H3,(H,13,14)/t7-,8-,10-/m1/s1. The molecule has 1 aliphatic heterocycles. The summed E-state index contributed by atoms with van der Waals surface area (Å²) in [6, 6.07) is 0. The van der Waals surface area contributed by atoms with Crippen LogP contribution >= 0.6 is 0 Å². The van der Waals surface area contributed by atoms with Gasteiger partial charge in [0.2, 0.25) is 6.10 Å². The molecule has 0 saturated heterocycles. The van der Waals surface area contributed by atoms with Crippen molar-refractivity contribution in [1.29, 1.82) is 0 Å². The lowest BCUT2D eigenvalue weighted by molar-refractivity contribution is -0.148. The zero-order valence-electron chi connectivity index (χ0n) is 8.98. The first-order valence-electron chi connectivity index (χ1n) is 5.62. The Morgan fingerprint density at radius 2 is 2.33 bits per heavy atom. The van der Waals surface area contributed by atoms with Crippen LogP contribution in [0.5, 0.6) is 0 Å². The van der Waals surface area contributed by atoms with E-state index in [1.54, 1.807) is 0 Å². The molecular weight excluding hydrogens is 194 g/mol. The van der Waals surface area contributed by atoms with E-state index in [2.05, 4.69) is 12.1 Å². The summed E-state index contributed by atoms with van der Waals surface area (Å²) >= 11 is 0. The largest absolute Gasteiger partial charge is 0.478 e. The molecule has 4 nitrogen and oxygen atoms in total. The van der Waals surface area contributed by atoms with Crippen molar-refractivity contribution in [2.45, 2.75) is 45.1 Å². The molecule has 4 heteroatoms. The van der Waals surface area contributed by atoms with Crippen LogP contribution in [0.3, 0.4) is 0 Å². The Kier molecular flexibility index (Phi) is 2.93. The summed E-state index contributed by atoms with van der Waals surface area (Å²) in [5.74, 6) is 0.283. The van der Waals surface area contributed by atoms with Crippen LogP contribution < -0.4 is 0 Å². The molecule has 1 fully saturated rings. The van der Waals surface area contributed by atoms with Gasteiger partial charge >= 0.3 is 5.97 Å². The number of carbonyl (C=O) groups is 1. The van der Waals surface area contributed by atoms with E-state index in [1.807, 2.05) is 0 Å². The number of hydrogen-bond donors (Lipinski definition) is 1. The molecule has 0 amide bonds. The summed E-state index contributed by atoms with van der Waals surface area (Å²) in [5, 5.41) is 12.7. The second-order valence-corrected chi connectivity index (χ2v) is 4.69. The molecule has 0 bridgehead atoms. The van der Waals surface area contributed by atoms with Gasteiger partial charge in [0.1, 0.15) is 0 Å². The minimum Gasteiger partial charge on any atom is -0.478 e. The van der Waals surface area contributed by atoms with Crippen LogP contribution in [0.4, 0.5) is 0 Å². The zero-order chi connectivity index (χ0) is 10.8. The monoisotopic (exact) mass is 211 g/mol. The van der Waals surface area contributed by atoms with E-state index in [0.717, 1.165) is 24.5 Å². The van der Waals surface area contributed by atoms with Crippen LogP contribution in [0.15, 0.2) is 5.16 Å². The van der Waals surface area contributed by atoms with Crippen molar-refractivity contribution >= 4 is 11.7 Å². The third-order valence-corrected chi connectivity index (χ3v) is 3.37. The molecule has 1 aliphatic carbocycles. The summed E-state index contributed by atoms with van der Waals surface area (Å²) < 4.78 is 0. The van der Waals surface area contributed by atoms with Crippen molar-refractivity contribution in [3.05, 3.63) is 0 Å². The minimum atomic E-state index is -0.905. The van der Waals surface area contributed by atoms with Gasteiger partial charge < -0.3 is 9.94 Å². The Hall–Kier alpha value is -1.06. The second kappa shape index (κ2) is 4.21. The fraction of sp³-hybridized carbons (Fsp3) is 0.818. The Morgan fingerprint density at radius 3 is 2.93 bits per heavy atom. The highest BCUT2D eigenvalue weighted by atomic mass is 16.7. The maximum absolute atomic E-state index is 10.7. The van der Waals surface area contributed by atoms with Gasteiger partial charge in [-0.05, 0) is 18.8 Å². The van der Waals surface area contributed by atoms with Crippen molar-refractivity contribution in [2.75, 3.05) is 0 Å². The van der Waals surface area contributed by atoms with Gasteiger partial charge in [-0.2, -0.15) is 0 Å². The molecule has 0 spiro atoms. The Labute approximate surface area is 89.3 Å². The van der Waals surface area contributed by atoms with Gasteiger partial charge in [-0.15, -0.1) is 0 Å². The molecule has 2 rings (SSSR count). The quantitative estimate of drug-likeness (QED) is 0.760. The lowest BCUT2D eigenvalue weighted by Gasteiger charge is -2.25. The lowest BCUT2D eigenvalue weighted by Crippen LogP contribution is -2.25. The number of carboxylic acid groups (broad SMARTS) is 1. The number of nitrogens with zero attached hydrogens (tertiary/aromatic N) is 1. The van der Waals surface area contributed by atoms with Crippen molar-refractivity contribution < 1.29 is 14.7 Å². The first-order chi connectivity index (χ1) is 7.16. The van der Waals surface area contributed by atoms with Gasteiger partial charge in [0.15, 0.2) is 0 Å². The van der Waals surface area contributed by atoms with Crippen molar-refractivity contribution in [2.24, 2.45) is 17.0 Å². The predicted molar refractivity (Wildman–Crippen MR) is 55.7 cm³/mol. The van der Waals surface area contributed by atoms with Crippen molar-refractivity contribution in [3.8, 4) is 0 Å². The highest BCUT2D eigenvalue weighted by Gasteiger charge is 2.33. The average Bonchev–Trinajstić information content (AvgIpc) is 2.66. The van der Waals surface area contributed by atoms with Gasteiger partial charge in [-0.3, -0.25) is 0 Å². The number of hydrogen-bond acceptors (Lipinski definition) is 3. The maximum atomic E-state index is 10.7. The van der Waals surface area contributed by atoms with Gasteiger partial charge in [-0.25, -0.2) is 4.79 Å². The van der Waals surface area contributed by atoms with Gasteiger partial charge in [0.05, 0.1) is 5.71 Å². The number of rotatable bonds is 2. The van der Waals surface area contributed by atoms with E-state index in [0.29, 0.717) is 12.3 Å². The molecule has 0 radical (unpaired) electrons. The SMILES string of the molecule is C[C@@H]1CCC[C@@H](C2=NO[C@@H](C(=O)O)C2)C1. The van der Waals surface area contributed by atoms with Crippen molar-refractivity contribution in [3.63, 3.8) is 0 Å². The maximum Gasteiger partial charge on any atom is 0.348 e. The molecule has 3 atom stereocenters. The van der Waals surface area contributed by atoms with E-state index in [9.17, 15) is 4.79 Å². The smallest absolute Gasteiger partial charge is 0.348 e. The molecule has 84 valence electrons. The molecule has 0 aromatic heterocycles. The summed E-state index contributed by atoms with van der Waals surface area (Å²) in [6.07, 6.45) is 4.52. The van der Waals surface area contributed by atoms with E-state index in [1.165, 1.54) is 12.8 Å². The lowest BCUT2D eigenvalue weighted by atomic mass is 9.79. The number of aliphatic carboxylic acids is 1. The Morgan fingerprint density at radius 1 is 1.53 bits per heavy atom. The van der Waals surface area contributed by atoms with Crippen molar-refractivity contribution in [1.82, 2.24) is 0 Å². The van der Waals surface area contributed by atoms with Crippen LogP contribution in [0.1, 0.15) is 39.0 Å². The predicted octanol–water partition coefficient (Wildman–Crippen LogP) is 2.04. The average molecular weight is 211 g/mol. The van der Waals surface area contributed by atoms with Crippen LogP contribution in [-0.2, 0) is 9.63 Å². The molecule has 0 unspecified atom stereocenters. The Balaban J connectivity index is 1.92. The van der Waals surface area contributed by atoms with Crippen LogP contribution in [0, 0.1) is 11.8 Å². The molecule has 0 aromatic rings. The first kappa shape index (κ1) is 10.5. The first-order valence-corrected chi connectivity index (χ1v) is 5.62. The third-order valence-electron chi connectivity index (χ3n) is 3.37. The topological polar surface area (TPSA) is 58.9 Å². The van der Waals surface area contributed by atoms with Gasteiger partial charge in [-0.1, -0.05) is 24.9 Å². The summed E-state index contributed by atoms with van der Waals surface area (Å²) in [4.78, 5) is 15.6. The summed E-state index contributed by atoms with van der Waals surface area (Å²) in [7, 11) is 0. The summed E-state index contributed by atoms with van der Waals surface area (Å²) in [6.45, 7) is 2.25. The zero-order valence-corrected chi connectivity index (χ0v) is 8.98. The van der Waals surface area contributed by atoms with Crippen LogP contribution in [0.2, 0.25) is 0 Å². The highest BCUT2D eigenvalue weighted by molar-refractivity contribution is 5.92. The molecule has 2 aliphatic rings. The Bertz CT molecular complexity index is 288. The highest BCUT2D eigenvalue weighted by Crippen LogP contribution is 2.32. The van der Waals surface area contributed by atoms with Crippen LogP contribution in [-0.4, -0.2) is 22.9 Å². The molecule has 1 saturated carbocycles. The number of carboxylic acids is 1. The van der Waals surface area contributed by atoms with E-state index in [-0.39, 0.29) is 0 Å². The second-order valence-electron chi connectivity index (χ2n) is 4.69. The molecule has 1 heterocycles. The third kappa shape index (κ3) is 2.30. The van der Waals surface area contributed by atoms with E-state index < -0.39 is 12.1 Å². The normalized spacial score (nSPS) is 35.8. The molecule has 1 N–H and O–H groups in total. The van der Waals surface area contributed by atoms with E-state index >= 15 is 0 Å². The fourth-order valence-corrected chi connectivity index (χ4v) is 2.51. The fourth-order valence-electron chi connectivity index (χ4n) is 2.51. The van der Waals surface area contributed by atoms with Gasteiger partial charge in [0, 0.05) is 12.3 Å². The molecule has 15 heavy (non-hydrogen) atoms. The van der Waals surface area contributed by atoms with Crippen LogP contribution in [0.25, 0.3) is 0 Å². The summed E-state index contributed by atoms with van der Waals surface area (Å²) in [5.41, 5.74) is 0.967.